The van der Waals surface area contributed by atoms with E-state index in [2.05, 4.69) is 5.32 Å². The molecule has 0 aliphatic heterocycles. The Labute approximate surface area is 80.8 Å². The average molecular weight is 205 g/mol. The van der Waals surface area contributed by atoms with Gasteiger partial charge in [-0.1, -0.05) is 0 Å². The molecule has 1 rings (SSSR count). The first-order chi connectivity index (χ1) is 6.09. The summed E-state index contributed by atoms with van der Waals surface area (Å²) in [7, 11) is 0. The molecular weight excluding hydrogens is 192 g/mol. The van der Waals surface area contributed by atoms with E-state index in [0.29, 0.717) is 6.54 Å². The fourth-order valence-corrected chi connectivity index (χ4v) is 2.06. The molecule has 0 aromatic carbocycles. The fourth-order valence-electron chi connectivity index (χ4n) is 1.04. The minimum atomic E-state index is -2.26. The summed E-state index contributed by atoms with van der Waals surface area (Å²) in [6.07, 6.45) is -2.26. The van der Waals surface area contributed by atoms with Gasteiger partial charge in [0.15, 0.2) is 0 Å². The summed E-state index contributed by atoms with van der Waals surface area (Å²) in [5.41, 5.74) is 1.24. The minimum absolute atomic E-state index is 0.226. The minimum Gasteiger partial charge on any atom is -0.306 e. The first-order valence-electron chi connectivity index (χ1n) is 4.14. The molecule has 0 amide bonds. The number of nitrogens with one attached hydrogen (secondary N) is 1. The standard InChI is InChI=1S/C9H13F2NS/c1-6-3-8(13-7(6)2)4-12-5-9(10)11/h3,9,12H,4-5H2,1-2H3. The average Bonchev–Trinajstić information content (AvgIpc) is 2.30. The number of thiophene rings is 1. The highest BCUT2D eigenvalue weighted by atomic mass is 32.1. The van der Waals surface area contributed by atoms with E-state index in [9.17, 15) is 8.78 Å². The molecule has 1 aromatic heterocycles. The molecule has 4 heteroatoms. The SMILES string of the molecule is Cc1cc(CNCC(F)F)sc1C. The molecule has 0 radical (unpaired) electrons. The van der Waals surface area contributed by atoms with Gasteiger partial charge in [-0.2, -0.15) is 0 Å². The molecule has 0 bridgehead atoms. The van der Waals surface area contributed by atoms with Crippen molar-refractivity contribution in [2.45, 2.75) is 26.8 Å². The number of hydrogen-bond acceptors (Lipinski definition) is 2. The zero-order chi connectivity index (χ0) is 9.84. The monoisotopic (exact) mass is 205 g/mol. The molecule has 0 saturated heterocycles. The molecule has 0 aliphatic rings. The van der Waals surface area contributed by atoms with Crippen molar-refractivity contribution in [1.29, 1.82) is 0 Å². The van der Waals surface area contributed by atoms with Crippen LogP contribution in [0.1, 0.15) is 15.3 Å². The third-order valence-corrected chi connectivity index (χ3v) is 2.97. The molecular formula is C9H13F2NS. The van der Waals surface area contributed by atoms with E-state index in [-0.39, 0.29) is 6.54 Å². The summed E-state index contributed by atoms with van der Waals surface area (Å²) in [4.78, 5) is 2.38. The number of halogens is 2. The van der Waals surface area contributed by atoms with Crippen molar-refractivity contribution >= 4 is 11.3 Å². The third-order valence-electron chi connectivity index (χ3n) is 1.81. The highest BCUT2D eigenvalue weighted by molar-refractivity contribution is 7.12. The number of rotatable bonds is 4. The summed E-state index contributed by atoms with van der Waals surface area (Å²) in [6.45, 7) is 4.39. The van der Waals surface area contributed by atoms with E-state index < -0.39 is 6.43 Å². The van der Waals surface area contributed by atoms with Crippen molar-refractivity contribution in [2.24, 2.45) is 0 Å². The topological polar surface area (TPSA) is 12.0 Å². The van der Waals surface area contributed by atoms with Gasteiger partial charge in [0.25, 0.3) is 6.43 Å². The van der Waals surface area contributed by atoms with E-state index in [1.54, 1.807) is 11.3 Å². The van der Waals surface area contributed by atoms with Gasteiger partial charge in [0.05, 0.1) is 6.54 Å². The van der Waals surface area contributed by atoms with Gasteiger partial charge in [0.1, 0.15) is 0 Å². The highest BCUT2D eigenvalue weighted by Gasteiger charge is 2.03. The maximum atomic E-state index is 11.8. The van der Waals surface area contributed by atoms with Crippen molar-refractivity contribution < 1.29 is 8.78 Å². The van der Waals surface area contributed by atoms with Crippen molar-refractivity contribution in [3.63, 3.8) is 0 Å². The van der Waals surface area contributed by atoms with Crippen LogP contribution >= 0.6 is 11.3 Å². The molecule has 1 nitrogen and oxygen atoms in total. The maximum absolute atomic E-state index is 11.8. The molecule has 1 heterocycles. The van der Waals surface area contributed by atoms with Gasteiger partial charge in [-0.05, 0) is 25.5 Å². The zero-order valence-electron chi connectivity index (χ0n) is 7.73. The van der Waals surface area contributed by atoms with Crippen molar-refractivity contribution in [3.8, 4) is 0 Å². The van der Waals surface area contributed by atoms with Crippen LogP contribution in [-0.2, 0) is 6.54 Å². The van der Waals surface area contributed by atoms with Gasteiger partial charge < -0.3 is 5.32 Å². The van der Waals surface area contributed by atoms with Crippen LogP contribution in [0, 0.1) is 13.8 Å². The van der Waals surface area contributed by atoms with Gasteiger partial charge in [-0.3, -0.25) is 0 Å². The normalized spacial score (nSPS) is 11.2. The molecule has 13 heavy (non-hydrogen) atoms. The summed E-state index contributed by atoms with van der Waals surface area (Å²) in [5, 5.41) is 2.70. The number of aryl methyl sites for hydroxylation is 2. The Morgan fingerprint density at radius 1 is 1.46 bits per heavy atom. The number of alkyl halides is 2. The largest absolute Gasteiger partial charge is 0.306 e. The summed E-state index contributed by atoms with van der Waals surface area (Å²) in [6, 6.07) is 2.04. The first kappa shape index (κ1) is 10.6. The Morgan fingerprint density at radius 2 is 2.15 bits per heavy atom. The van der Waals surface area contributed by atoms with Crippen LogP contribution in [-0.4, -0.2) is 13.0 Å². The van der Waals surface area contributed by atoms with E-state index in [1.807, 2.05) is 19.9 Å². The van der Waals surface area contributed by atoms with E-state index in [4.69, 9.17) is 0 Å². The molecule has 1 aromatic rings. The highest BCUT2D eigenvalue weighted by Crippen LogP contribution is 2.20. The molecule has 0 atom stereocenters. The van der Waals surface area contributed by atoms with Crippen LogP contribution in [0.5, 0.6) is 0 Å². The second-order valence-electron chi connectivity index (χ2n) is 2.97. The van der Waals surface area contributed by atoms with Crippen molar-refractivity contribution in [2.75, 3.05) is 6.54 Å². The fraction of sp³-hybridized carbons (Fsp3) is 0.556. The molecule has 0 saturated carbocycles. The lowest BCUT2D eigenvalue weighted by Crippen LogP contribution is -2.19. The van der Waals surface area contributed by atoms with Gasteiger partial charge in [-0.25, -0.2) is 8.78 Å². The zero-order valence-corrected chi connectivity index (χ0v) is 8.55. The summed E-state index contributed by atoms with van der Waals surface area (Å²) < 4.78 is 23.5. The molecule has 0 aliphatic carbocycles. The maximum Gasteiger partial charge on any atom is 0.250 e. The van der Waals surface area contributed by atoms with Crippen molar-refractivity contribution in [1.82, 2.24) is 5.32 Å². The quantitative estimate of drug-likeness (QED) is 0.797. The smallest absolute Gasteiger partial charge is 0.250 e. The lowest BCUT2D eigenvalue weighted by molar-refractivity contribution is 0.145. The Morgan fingerprint density at radius 3 is 2.62 bits per heavy atom. The van der Waals surface area contributed by atoms with E-state index >= 15 is 0 Å². The van der Waals surface area contributed by atoms with Crippen LogP contribution < -0.4 is 5.32 Å². The van der Waals surface area contributed by atoms with E-state index in [0.717, 1.165) is 4.88 Å². The molecule has 0 fully saturated rings. The lowest BCUT2D eigenvalue weighted by atomic mass is 10.3. The van der Waals surface area contributed by atoms with Crippen LogP contribution in [0.2, 0.25) is 0 Å². The predicted molar refractivity (Wildman–Crippen MR) is 51.5 cm³/mol. The second-order valence-corrected chi connectivity index (χ2v) is 4.31. The van der Waals surface area contributed by atoms with Crippen molar-refractivity contribution in [3.05, 3.63) is 21.4 Å². The Balaban J connectivity index is 2.37. The summed E-state index contributed by atoms with van der Waals surface area (Å²) >= 11 is 1.66. The lowest BCUT2D eigenvalue weighted by Gasteiger charge is -2.00. The van der Waals surface area contributed by atoms with Crippen LogP contribution in [0.15, 0.2) is 6.07 Å². The molecule has 1 N–H and O–H groups in total. The van der Waals surface area contributed by atoms with E-state index in [1.165, 1.54) is 10.4 Å². The summed E-state index contributed by atoms with van der Waals surface area (Å²) in [5.74, 6) is 0. The molecule has 0 spiro atoms. The van der Waals surface area contributed by atoms with Gasteiger partial charge in [0.2, 0.25) is 0 Å². The molecule has 74 valence electrons. The first-order valence-corrected chi connectivity index (χ1v) is 4.96. The second kappa shape index (κ2) is 4.67. The Hall–Kier alpha value is -0.480. The van der Waals surface area contributed by atoms with Crippen LogP contribution in [0.25, 0.3) is 0 Å². The van der Waals surface area contributed by atoms with Gasteiger partial charge >= 0.3 is 0 Å². The predicted octanol–water partition coefficient (Wildman–Crippen LogP) is 2.72. The molecule has 0 unspecified atom stereocenters. The van der Waals surface area contributed by atoms with Crippen LogP contribution in [0.4, 0.5) is 8.78 Å². The van der Waals surface area contributed by atoms with Crippen LogP contribution in [0.3, 0.4) is 0 Å². The van der Waals surface area contributed by atoms with Gasteiger partial charge in [-0.15, -0.1) is 11.3 Å². The Kier molecular flexibility index (Phi) is 3.81. The third kappa shape index (κ3) is 3.40. The Bertz CT molecular complexity index is 251. The number of hydrogen-bond donors (Lipinski definition) is 1. The van der Waals surface area contributed by atoms with Gasteiger partial charge in [0, 0.05) is 16.3 Å².